The Labute approximate surface area is 116 Å². The molecule has 0 aromatic heterocycles. The highest BCUT2D eigenvalue weighted by molar-refractivity contribution is 5.67. The number of nitrogens with one attached hydrogen (secondary N) is 1. The topological polar surface area (TPSA) is 41.6 Å². The fourth-order valence-corrected chi connectivity index (χ4v) is 3.20. The van der Waals surface area contributed by atoms with Crippen molar-refractivity contribution in [2.24, 2.45) is 11.3 Å². The van der Waals surface area contributed by atoms with Crippen LogP contribution >= 0.6 is 0 Å². The van der Waals surface area contributed by atoms with Crippen LogP contribution in [0.15, 0.2) is 0 Å². The molecule has 0 aromatic carbocycles. The minimum absolute atomic E-state index is 0.179. The monoisotopic (exact) mass is 268 g/mol. The van der Waals surface area contributed by atoms with Crippen molar-refractivity contribution in [3.05, 3.63) is 0 Å². The van der Waals surface area contributed by atoms with Crippen molar-refractivity contribution in [2.45, 2.75) is 58.5 Å². The summed E-state index contributed by atoms with van der Waals surface area (Å²) in [6.45, 7) is 8.45. The summed E-state index contributed by atoms with van der Waals surface area (Å²) < 4.78 is 4.90. The van der Waals surface area contributed by atoms with Crippen LogP contribution in [0.4, 0.5) is 4.79 Å². The second kappa shape index (κ2) is 5.70. The van der Waals surface area contributed by atoms with E-state index in [1.807, 2.05) is 4.90 Å². The van der Waals surface area contributed by atoms with Gasteiger partial charge in [0.2, 0.25) is 0 Å². The van der Waals surface area contributed by atoms with Gasteiger partial charge in [-0.1, -0.05) is 20.8 Å². The molecule has 2 unspecified atom stereocenters. The Morgan fingerprint density at radius 1 is 1.26 bits per heavy atom. The average molecular weight is 268 g/mol. The first-order valence-electron chi connectivity index (χ1n) is 7.46. The van der Waals surface area contributed by atoms with E-state index in [1.54, 1.807) is 0 Å². The average Bonchev–Trinajstić information content (AvgIpc) is 3.09. The molecule has 2 fully saturated rings. The Bertz CT molecular complexity index is 321. The van der Waals surface area contributed by atoms with E-state index in [0.29, 0.717) is 23.4 Å². The van der Waals surface area contributed by atoms with Gasteiger partial charge in [-0.05, 0) is 37.0 Å². The Hall–Kier alpha value is -0.770. The molecule has 2 atom stereocenters. The van der Waals surface area contributed by atoms with Crippen LogP contribution < -0.4 is 5.32 Å². The van der Waals surface area contributed by atoms with Crippen molar-refractivity contribution in [1.82, 2.24) is 10.2 Å². The summed E-state index contributed by atoms with van der Waals surface area (Å²) in [5, 5.41) is 3.67. The highest BCUT2D eigenvalue weighted by Gasteiger charge is 2.35. The molecule has 1 saturated carbocycles. The summed E-state index contributed by atoms with van der Waals surface area (Å²) in [4.78, 5) is 13.7. The second-order valence-corrected chi connectivity index (χ2v) is 7.38. The van der Waals surface area contributed by atoms with Crippen molar-refractivity contribution >= 4 is 6.09 Å². The highest BCUT2D eigenvalue weighted by atomic mass is 16.5. The van der Waals surface area contributed by atoms with Crippen LogP contribution in [-0.2, 0) is 4.74 Å². The van der Waals surface area contributed by atoms with Crippen molar-refractivity contribution in [2.75, 3.05) is 20.2 Å². The van der Waals surface area contributed by atoms with Gasteiger partial charge in [0, 0.05) is 25.2 Å². The maximum Gasteiger partial charge on any atom is 0.409 e. The van der Waals surface area contributed by atoms with Crippen molar-refractivity contribution in [3.8, 4) is 0 Å². The van der Waals surface area contributed by atoms with Crippen molar-refractivity contribution in [1.29, 1.82) is 0 Å². The Morgan fingerprint density at radius 3 is 2.47 bits per heavy atom. The van der Waals surface area contributed by atoms with E-state index < -0.39 is 0 Å². The Kier molecular flexibility index (Phi) is 4.39. The molecule has 0 aromatic rings. The molecular weight excluding hydrogens is 240 g/mol. The summed E-state index contributed by atoms with van der Waals surface area (Å²) in [5.74, 6) is 0.573. The molecule has 1 heterocycles. The summed E-state index contributed by atoms with van der Waals surface area (Å²) >= 11 is 0. The standard InChI is InChI=1S/C15H28N2O2/c1-15(2,3)8-11-7-13(16-12-5-6-12)10-17(9-11)14(18)19-4/h11-13,16H,5-10H2,1-4H3. The van der Waals surface area contributed by atoms with E-state index in [0.717, 1.165) is 19.5 Å². The summed E-state index contributed by atoms with van der Waals surface area (Å²) in [6, 6.07) is 1.13. The molecule has 0 radical (unpaired) electrons. The summed E-state index contributed by atoms with van der Waals surface area (Å²) in [6.07, 6.45) is 4.74. The molecule has 110 valence electrons. The number of carbonyl (C=O) groups excluding carboxylic acids is 1. The molecule has 1 N–H and O–H groups in total. The molecule has 2 aliphatic rings. The number of piperidine rings is 1. The van der Waals surface area contributed by atoms with Crippen LogP contribution in [0, 0.1) is 11.3 Å². The molecule has 1 saturated heterocycles. The first-order valence-corrected chi connectivity index (χ1v) is 7.46. The third-order valence-electron chi connectivity index (χ3n) is 3.92. The van der Waals surface area contributed by atoms with Crippen LogP contribution in [0.3, 0.4) is 0 Å². The van der Waals surface area contributed by atoms with Gasteiger partial charge < -0.3 is 15.0 Å². The van der Waals surface area contributed by atoms with E-state index in [2.05, 4.69) is 26.1 Å². The largest absolute Gasteiger partial charge is 0.453 e. The molecule has 0 spiro atoms. The van der Waals surface area contributed by atoms with Crippen molar-refractivity contribution < 1.29 is 9.53 Å². The number of likely N-dealkylation sites (tertiary alicyclic amines) is 1. The fraction of sp³-hybridized carbons (Fsp3) is 0.933. The van der Waals surface area contributed by atoms with Crippen LogP contribution in [0.2, 0.25) is 0 Å². The lowest BCUT2D eigenvalue weighted by Crippen LogP contribution is -2.52. The quantitative estimate of drug-likeness (QED) is 0.855. The van der Waals surface area contributed by atoms with E-state index in [4.69, 9.17) is 4.74 Å². The van der Waals surface area contributed by atoms with Gasteiger partial charge >= 0.3 is 6.09 Å². The predicted molar refractivity (Wildman–Crippen MR) is 76.1 cm³/mol. The normalized spacial score (nSPS) is 28.3. The number of methoxy groups -OCH3 is 1. The van der Waals surface area contributed by atoms with Crippen LogP contribution in [0.1, 0.15) is 46.5 Å². The zero-order valence-electron chi connectivity index (χ0n) is 12.7. The van der Waals surface area contributed by atoms with E-state index >= 15 is 0 Å². The molecule has 2 rings (SSSR count). The number of ether oxygens (including phenoxy) is 1. The molecule has 1 aliphatic heterocycles. The molecule has 19 heavy (non-hydrogen) atoms. The number of amides is 1. The van der Waals surface area contributed by atoms with E-state index in [1.165, 1.54) is 26.4 Å². The van der Waals surface area contributed by atoms with Crippen LogP contribution in [0.5, 0.6) is 0 Å². The molecular formula is C15H28N2O2. The Morgan fingerprint density at radius 2 is 1.95 bits per heavy atom. The lowest BCUT2D eigenvalue weighted by Gasteiger charge is -2.39. The maximum atomic E-state index is 11.8. The van der Waals surface area contributed by atoms with E-state index in [-0.39, 0.29) is 6.09 Å². The summed E-state index contributed by atoms with van der Waals surface area (Å²) in [7, 11) is 1.47. The number of hydrogen-bond donors (Lipinski definition) is 1. The minimum Gasteiger partial charge on any atom is -0.453 e. The number of carbonyl (C=O) groups is 1. The molecule has 4 heteroatoms. The van der Waals surface area contributed by atoms with Gasteiger partial charge in [-0.25, -0.2) is 4.79 Å². The van der Waals surface area contributed by atoms with Crippen LogP contribution in [-0.4, -0.2) is 43.3 Å². The number of nitrogens with zero attached hydrogens (tertiary/aromatic N) is 1. The molecule has 1 aliphatic carbocycles. The van der Waals surface area contributed by atoms with Gasteiger partial charge in [-0.2, -0.15) is 0 Å². The van der Waals surface area contributed by atoms with Crippen molar-refractivity contribution in [3.63, 3.8) is 0 Å². The highest BCUT2D eigenvalue weighted by Crippen LogP contribution is 2.31. The second-order valence-electron chi connectivity index (χ2n) is 7.38. The SMILES string of the molecule is COC(=O)N1CC(CC(C)(C)C)CC(NC2CC2)C1. The third kappa shape index (κ3) is 4.68. The fourth-order valence-electron chi connectivity index (χ4n) is 3.20. The van der Waals surface area contributed by atoms with Gasteiger partial charge in [0.05, 0.1) is 7.11 Å². The lowest BCUT2D eigenvalue weighted by molar-refractivity contribution is 0.0805. The summed E-state index contributed by atoms with van der Waals surface area (Å²) in [5.41, 5.74) is 0.313. The van der Waals surface area contributed by atoms with E-state index in [9.17, 15) is 4.79 Å². The van der Waals surface area contributed by atoms with Gasteiger partial charge in [-0.15, -0.1) is 0 Å². The van der Waals surface area contributed by atoms with Gasteiger partial charge in [0.1, 0.15) is 0 Å². The maximum absolute atomic E-state index is 11.8. The molecule has 1 amide bonds. The third-order valence-corrected chi connectivity index (χ3v) is 3.92. The van der Waals surface area contributed by atoms with Gasteiger partial charge in [-0.3, -0.25) is 0 Å². The van der Waals surface area contributed by atoms with Crippen LogP contribution in [0.25, 0.3) is 0 Å². The number of rotatable bonds is 3. The molecule has 4 nitrogen and oxygen atoms in total. The van der Waals surface area contributed by atoms with Gasteiger partial charge in [0.15, 0.2) is 0 Å². The first kappa shape index (κ1) is 14.6. The molecule has 0 bridgehead atoms. The Balaban J connectivity index is 1.95. The zero-order chi connectivity index (χ0) is 14.0. The van der Waals surface area contributed by atoms with Gasteiger partial charge in [0.25, 0.3) is 0 Å². The predicted octanol–water partition coefficient (Wildman–Crippen LogP) is 2.63. The lowest BCUT2D eigenvalue weighted by atomic mass is 9.80. The minimum atomic E-state index is -0.179. The number of hydrogen-bond acceptors (Lipinski definition) is 3. The zero-order valence-corrected chi connectivity index (χ0v) is 12.7. The smallest absolute Gasteiger partial charge is 0.409 e. The first-order chi connectivity index (χ1) is 8.87.